The fourth-order valence-corrected chi connectivity index (χ4v) is 3.29. The second-order valence-electron chi connectivity index (χ2n) is 4.65. The van der Waals surface area contributed by atoms with E-state index in [-0.39, 0.29) is 23.6 Å². The van der Waals surface area contributed by atoms with Gasteiger partial charge in [-0.3, -0.25) is 4.55 Å². The molecule has 0 bridgehead atoms. The van der Waals surface area contributed by atoms with Crippen LogP contribution in [0.3, 0.4) is 0 Å². The molecule has 1 aromatic heterocycles. The van der Waals surface area contributed by atoms with Crippen LogP contribution >= 0.6 is 15.9 Å². The van der Waals surface area contributed by atoms with Crippen molar-refractivity contribution in [3.8, 4) is 5.75 Å². The number of aryl methyl sites for hydroxylation is 1. The number of aromatic nitrogens is 1. The summed E-state index contributed by atoms with van der Waals surface area (Å²) in [5.41, 5.74) is 0.625. The number of ether oxygens (including phenoxy) is 1. The van der Waals surface area contributed by atoms with Gasteiger partial charge < -0.3 is 14.4 Å². The number of esters is 1. The molecule has 0 fully saturated rings. The third kappa shape index (κ3) is 3.11. The Kier molecular flexibility index (Phi) is 4.50. The molecule has 1 heterocycles. The van der Waals surface area contributed by atoms with Gasteiger partial charge in [0.1, 0.15) is 11.5 Å². The Labute approximate surface area is 135 Å². The number of aromatic hydroxyl groups is 1. The first-order chi connectivity index (χ1) is 10.2. The Balaban J connectivity index is 2.83. The van der Waals surface area contributed by atoms with Gasteiger partial charge in [0, 0.05) is 12.4 Å². The van der Waals surface area contributed by atoms with Crippen molar-refractivity contribution in [3.63, 3.8) is 0 Å². The lowest BCUT2D eigenvalue weighted by atomic mass is 10.1. The number of phenols is 1. The molecule has 2 aromatic rings. The number of hydrogen-bond donors (Lipinski definition) is 2. The number of nitrogens with zero attached hydrogens (tertiary/aromatic N) is 1. The van der Waals surface area contributed by atoms with Crippen LogP contribution in [0.15, 0.2) is 16.6 Å². The highest BCUT2D eigenvalue weighted by atomic mass is 79.9. The molecular weight excluding hydrogens is 378 g/mol. The van der Waals surface area contributed by atoms with Crippen molar-refractivity contribution < 1.29 is 27.6 Å². The Hall–Kier alpha value is -1.58. The van der Waals surface area contributed by atoms with Crippen LogP contribution in [0, 0.1) is 0 Å². The fourth-order valence-electron chi connectivity index (χ4n) is 2.27. The summed E-state index contributed by atoms with van der Waals surface area (Å²) in [5.74, 6) is -1.54. The molecule has 2 rings (SSSR count). The molecule has 120 valence electrons. The standard InChI is InChI=1S/C13H14BrNO6S/c1-3-21-13(17)12-7-4-11(16)8(14)5-9(7)15(2)10(12)6-22(18,19)20/h4-5,16H,3,6H2,1-2H3,(H,18,19,20). The summed E-state index contributed by atoms with van der Waals surface area (Å²) in [5, 5.41) is 10.2. The monoisotopic (exact) mass is 391 g/mol. The number of carbonyl (C=O) groups is 1. The van der Waals surface area contributed by atoms with Gasteiger partial charge in [-0.25, -0.2) is 4.79 Å². The zero-order valence-electron chi connectivity index (χ0n) is 11.8. The predicted octanol–water partition coefficient (Wildman–Crippen LogP) is 2.21. The molecule has 22 heavy (non-hydrogen) atoms. The molecule has 0 saturated heterocycles. The van der Waals surface area contributed by atoms with E-state index in [9.17, 15) is 18.3 Å². The van der Waals surface area contributed by atoms with Crippen LogP contribution in [0.25, 0.3) is 10.9 Å². The highest BCUT2D eigenvalue weighted by Crippen LogP contribution is 2.35. The smallest absolute Gasteiger partial charge is 0.340 e. The molecule has 0 aliphatic carbocycles. The van der Waals surface area contributed by atoms with E-state index in [4.69, 9.17) is 9.29 Å². The second kappa shape index (κ2) is 5.90. The van der Waals surface area contributed by atoms with Gasteiger partial charge in [-0.15, -0.1) is 0 Å². The molecule has 2 N–H and O–H groups in total. The molecule has 0 spiro atoms. The van der Waals surface area contributed by atoms with Gasteiger partial charge in [0.15, 0.2) is 0 Å². The Morgan fingerprint density at radius 1 is 1.41 bits per heavy atom. The van der Waals surface area contributed by atoms with Crippen LogP contribution < -0.4 is 0 Å². The average molecular weight is 392 g/mol. The van der Waals surface area contributed by atoms with Crippen LogP contribution in [0.4, 0.5) is 0 Å². The van der Waals surface area contributed by atoms with E-state index in [1.165, 1.54) is 10.6 Å². The van der Waals surface area contributed by atoms with Crippen LogP contribution in [-0.4, -0.2) is 35.2 Å². The first-order valence-corrected chi connectivity index (χ1v) is 8.68. The van der Waals surface area contributed by atoms with E-state index >= 15 is 0 Å². The van der Waals surface area contributed by atoms with Gasteiger partial charge in [-0.05, 0) is 35.0 Å². The van der Waals surface area contributed by atoms with Crippen molar-refractivity contribution in [2.75, 3.05) is 6.61 Å². The summed E-state index contributed by atoms with van der Waals surface area (Å²) in [6.45, 7) is 1.74. The number of phenolic OH excluding ortho intramolecular Hbond substituents is 1. The first-order valence-electron chi connectivity index (χ1n) is 6.27. The topological polar surface area (TPSA) is 106 Å². The third-order valence-electron chi connectivity index (χ3n) is 3.19. The van der Waals surface area contributed by atoms with Gasteiger partial charge in [-0.2, -0.15) is 8.42 Å². The summed E-state index contributed by atoms with van der Waals surface area (Å²) in [7, 11) is -2.78. The van der Waals surface area contributed by atoms with E-state index < -0.39 is 21.8 Å². The van der Waals surface area contributed by atoms with Crippen LogP contribution in [0.1, 0.15) is 23.0 Å². The summed E-state index contributed by atoms with van der Waals surface area (Å²) in [4.78, 5) is 12.2. The lowest BCUT2D eigenvalue weighted by molar-refractivity contribution is 0.0527. The van der Waals surface area contributed by atoms with E-state index in [1.54, 1.807) is 20.0 Å². The number of carbonyl (C=O) groups excluding carboxylic acids is 1. The fraction of sp³-hybridized carbons (Fsp3) is 0.308. The summed E-state index contributed by atoms with van der Waals surface area (Å²) >= 11 is 3.17. The number of fused-ring (bicyclic) bond motifs is 1. The van der Waals surface area contributed by atoms with Crippen molar-refractivity contribution in [3.05, 3.63) is 27.9 Å². The lowest BCUT2D eigenvalue weighted by Crippen LogP contribution is -2.12. The molecule has 0 amide bonds. The molecule has 0 atom stereocenters. The molecular formula is C13H14BrNO6S. The maximum Gasteiger partial charge on any atom is 0.340 e. The molecule has 0 aliphatic heterocycles. The molecule has 0 radical (unpaired) electrons. The summed E-state index contributed by atoms with van der Waals surface area (Å²) in [6.07, 6.45) is 0. The highest BCUT2D eigenvalue weighted by molar-refractivity contribution is 9.10. The van der Waals surface area contributed by atoms with Crippen LogP contribution in [-0.2, 0) is 27.7 Å². The maximum absolute atomic E-state index is 12.2. The minimum Gasteiger partial charge on any atom is -0.507 e. The van der Waals surface area contributed by atoms with E-state index in [1.807, 2.05) is 0 Å². The van der Waals surface area contributed by atoms with Crippen molar-refractivity contribution in [2.45, 2.75) is 12.7 Å². The first kappa shape index (κ1) is 16.8. The van der Waals surface area contributed by atoms with Crippen molar-refractivity contribution in [1.29, 1.82) is 0 Å². The van der Waals surface area contributed by atoms with Gasteiger partial charge in [0.05, 0.1) is 27.9 Å². The van der Waals surface area contributed by atoms with E-state index in [0.717, 1.165) is 0 Å². The molecule has 9 heteroatoms. The normalized spacial score (nSPS) is 11.8. The van der Waals surface area contributed by atoms with E-state index in [2.05, 4.69) is 15.9 Å². The largest absolute Gasteiger partial charge is 0.507 e. The molecule has 0 aliphatic rings. The zero-order valence-corrected chi connectivity index (χ0v) is 14.2. The average Bonchev–Trinajstić information content (AvgIpc) is 2.62. The van der Waals surface area contributed by atoms with E-state index in [0.29, 0.717) is 15.4 Å². The van der Waals surface area contributed by atoms with Gasteiger partial charge >= 0.3 is 5.97 Å². The second-order valence-corrected chi connectivity index (χ2v) is 6.96. The third-order valence-corrected chi connectivity index (χ3v) is 4.46. The number of rotatable bonds is 4. The summed E-state index contributed by atoms with van der Waals surface area (Å²) < 4.78 is 38.4. The van der Waals surface area contributed by atoms with Crippen molar-refractivity contribution in [2.24, 2.45) is 7.05 Å². The number of hydrogen-bond acceptors (Lipinski definition) is 5. The van der Waals surface area contributed by atoms with Gasteiger partial charge in [0.2, 0.25) is 0 Å². The quantitative estimate of drug-likeness (QED) is 0.611. The van der Waals surface area contributed by atoms with Crippen molar-refractivity contribution >= 4 is 42.9 Å². The van der Waals surface area contributed by atoms with Gasteiger partial charge in [0.25, 0.3) is 10.1 Å². The number of halogens is 1. The SMILES string of the molecule is CCOC(=O)c1c(CS(=O)(=O)O)n(C)c2cc(Br)c(O)cc12. The van der Waals surface area contributed by atoms with Crippen LogP contribution in [0.5, 0.6) is 5.75 Å². The highest BCUT2D eigenvalue weighted by Gasteiger charge is 2.26. The molecule has 0 saturated carbocycles. The van der Waals surface area contributed by atoms with Crippen LogP contribution in [0.2, 0.25) is 0 Å². The minimum atomic E-state index is -4.34. The lowest BCUT2D eigenvalue weighted by Gasteiger charge is -2.06. The van der Waals surface area contributed by atoms with Crippen molar-refractivity contribution in [1.82, 2.24) is 4.57 Å². The maximum atomic E-state index is 12.2. The molecule has 1 aromatic carbocycles. The Bertz CT molecular complexity index is 855. The summed E-state index contributed by atoms with van der Waals surface area (Å²) in [6, 6.07) is 2.90. The molecule has 0 unspecified atom stereocenters. The predicted molar refractivity (Wildman–Crippen MR) is 83.5 cm³/mol. The zero-order chi connectivity index (χ0) is 16.7. The Morgan fingerprint density at radius 3 is 2.59 bits per heavy atom. The molecule has 7 nitrogen and oxygen atoms in total. The van der Waals surface area contributed by atoms with Gasteiger partial charge in [-0.1, -0.05) is 0 Å². The Morgan fingerprint density at radius 2 is 2.05 bits per heavy atom. The number of benzene rings is 1. The minimum absolute atomic E-state index is 0.0137.